The molecule has 32 heavy (non-hydrogen) atoms. The van der Waals surface area contributed by atoms with Crippen molar-refractivity contribution in [2.24, 2.45) is 0 Å². The van der Waals surface area contributed by atoms with Crippen molar-refractivity contribution in [2.45, 2.75) is 26.4 Å². The summed E-state index contributed by atoms with van der Waals surface area (Å²) < 4.78 is 61.8. The molecule has 0 amide bonds. The highest BCUT2D eigenvalue weighted by molar-refractivity contribution is 5.74. The van der Waals surface area contributed by atoms with E-state index in [9.17, 15) is 22.4 Å². The Bertz CT molecular complexity index is 1130. The van der Waals surface area contributed by atoms with Gasteiger partial charge in [0.15, 0.2) is 54.6 Å². The third kappa shape index (κ3) is 5.35. The van der Waals surface area contributed by atoms with Gasteiger partial charge in [0.05, 0.1) is 17.5 Å². The van der Waals surface area contributed by atoms with Crippen molar-refractivity contribution in [3.05, 3.63) is 94.6 Å². The van der Waals surface area contributed by atoms with Gasteiger partial charge in [-0.1, -0.05) is 12.2 Å². The van der Waals surface area contributed by atoms with Crippen LogP contribution in [0.15, 0.2) is 49.1 Å². The summed E-state index contributed by atoms with van der Waals surface area (Å²) >= 11 is 0. The smallest absolute Gasteiger partial charge is 0.169 e. The van der Waals surface area contributed by atoms with Gasteiger partial charge in [-0.15, -0.1) is 0 Å². The standard InChI is InChI=1S/C25H22F4N2O/c1-2-30-13-8-18(9-14-30)4-6-20-22(26)24(28)21(25(29)23(20)27)7-5-19-10-15-31(16-11-19)12-3-17-32/h4-11,13-17H,2-3,12H2,1H3/q+2/b6-4+,7-5+. The van der Waals surface area contributed by atoms with Crippen LogP contribution >= 0.6 is 0 Å². The summed E-state index contributed by atoms with van der Waals surface area (Å²) in [5, 5.41) is 0. The Morgan fingerprint density at radius 1 is 0.688 bits per heavy atom. The van der Waals surface area contributed by atoms with Crippen LogP contribution in [0.2, 0.25) is 0 Å². The minimum Gasteiger partial charge on any atom is -0.303 e. The van der Waals surface area contributed by atoms with Crippen LogP contribution in [0.3, 0.4) is 0 Å². The summed E-state index contributed by atoms with van der Waals surface area (Å²) in [5.74, 6) is -5.85. The van der Waals surface area contributed by atoms with Gasteiger partial charge in [0.25, 0.3) is 0 Å². The zero-order valence-corrected chi connectivity index (χ0v) is 17.4. The first-order chi connectivity index (χ1) is 15.4. The van der Waals surface area contributed by atoms with Gasteiger partial charge in [-0.25, -0.2) is 26.7 Å². The minimum atomic E-state index is -1.46. The molecule has 0 aliphatic heterocycles. The molecule has 3 rings (SSSR count). The summed E-state index contributed by atoms with van der Waals surface area (Å²) in [5.41, 5.74) is -0.365. The number of benzene rings is 1. The van der Waals surface area contributed by atoms with Crippen LogP contribution < -0.4 is 9.13 Å². The summed E-state index contributed by atoms with van der Waals surface area (Å²) in [6.45, 7) is 3.23. The maximum Gasteiger partial charge on any atom is 0.169 e. The number of hydrogen-bond acceptors (Lipinski definition) is 1. The number of carbonyl (C=O) groups is 1. The fourth-order valence-electron chi connectivity index (χ4n) is 3.04. The number of nitrogens with zero attached hydrogens (tertiary/aromatic N) is 2. The molecule has 0 aliphatic rings. The monoisotopic (exact) mass is 442 g/mol. The van der Waals surface area contributed by atoms with Crippen LogP contribution in [0.25, 0.3) is 24.3 Å². The van der Waals surface area contributed by atoms with Crippen LogP contribution in [0.5, 0.6) is 0 Å². The highest BCUT2D eigenvalue weighted by atomic mass is 19.2. The lowest BCUT2D eigenvalue weighted by atomic mass is 10.0. The molecule has 1 aromatic carbocycles. The van der Waals surface area contributed by atoms with E-state index < -0.39 is 34.4 Å². The van der Waals surface area contributed by atoms with Gasteiger partial charge in [-0.2, -0.15) is 0 Å². The Labute approximate surface area is 183 Å². The summed E-state index contributed by atoms with van der Waals surface area (Å²) in [6.07, 6.45) is 12.9. The van der Waals surface area contributed by atoms with Crippen molar-refractivity contribution >= 4 is 30.6 Å². The molecule has 0 radical (unpaired) electrons. The quantitative estimate of drug-likeness (QED) is 0.214. The molecule has 0 fully saturated rings. The zero-order chi connectivity index (χ0) is 23.1. The number of aryl methyl sites for hydroxylation is 2. The van der Waals surface area contributed by atoms with Crippen LogP contribution in [0.1, 0.15) is 35.6 Å². The molecule has 0 spiro atoms. The molecule has 0 N–H and O–H groups in total. The van der Waals surface area contributed by atoms with E-state index in [0.717, 1.165) is 25.0 Å². The van der Waals surface area contributed by atoms with Crippen molar-refractivity contribution in [1.29, 1.82) is 0 Å². The second-order valence-corrected chi connectivity index (χ2v) is 7.04. The molecule has 0 saturated carbocycles. The third-order valence-electron chi connectivity index (χ3n) is 4.92. The Morgan fingerprint density at radius 3 is 1.47 bits per heavy atom. The lowest BCUT2D eigenvalue weighted by molar-refractivity contribution is -0.695. The van der Waals surface area contributed by atoms with Crippen LogP contribution in [-0.4, -0.2) is 6.29 Å². The van der Waals surface area contributed by atoms with Crippen molar-refractivity contribution in [1.82, 2.24) is 0 Å². The molecule has 164 valence electrons. The molecule has 0 atom stereocenters. The van der Waals surface area contributed by atoms with Gasteiger partial charge in [-0.3, -0.25) is 0 Å². The van der Waals surface area contributed by atoms with Crippen molar-refractivity contribution < 1.29 is 31.5 Å². The SMILES string of the molecule is CC[n+]1ccc(/C=C/c2c(F)c(F)c(/C=C/c3cc[n+](CCC=O)cc3)c(F)c2F)cc1. The number of hydrogen-bond donors (Lipinski definition) is 0. The van der Waals surface area contributed by atoms with Crippen LogP contribution in [0, 0.1) is 23.3 Å². The van der Waals surface area contributed by atoms with E-state index in [2.05, 4.69) is 0 Å². The van der Waals surface area contributed by atoms with Crippen LogP contribution in [-0.2, 0) is 17.9 Å². The number of rotatable bonds is 8. The molecule has 2 heterocycles. The average Bonchev–Trinajstić information content (AvgIpc) is 2.82. The molecule has 3 aromatic rings. The molecular weight excluding hydrogens is 420 g/mol. The third-order valence-corrected chi connectivity index (χ3v) is 4.92. The van der Waals surface area contributed by atoms with Crippen LogP contribution in [0.4, 0.5) is 17.6 Å². The maximum absolute atomic E-state index is 14.5. The first kappa shape index (κ1) is 23.1. The number of aromatic nitrogens is 2. The molecule has 7 heteroatoms. The Kier molecular flexibility index (Phi) is 7.65. The van der Waals surface area contributed by atoms with E-state index in [1.165, 1.54) is 12.2 Å². The second-order valence-electron chi connectivity index (χ2n) is 7.04. The van der Waals surface area contributed by atoms with Gasteiger partial charge in [0, 0.05) is 24.3 Å². The zero-order valence-electron chi connectivity index (χ0n) is 17.4. The summed E-state index contributed by atoms with van der Waals surface area (Å²) in [7, 11) is 0. The van der Waals surface area contributed by atoms with Crippen molar-refractivity contribution in [2.75, 3.05) is 0 Å². The Balaban J connectivity index is 1.86. The molecule has 0 saturated heterocycles. The van der Waals surface area contributed by atoms with Gasteiger partial charge in [0.1, 0.15) is 12.8 Å². The van der Waals surface area contributed by atoms with E-state index in [4.69, 9.17) is 0 Å². The topological polar surface area (TPSA) is 24.8 Å². The van der Waals surface area contributed by atoms with E-state index in [1.54, 1.807) is 53.6 Å². The average molecular weight is 442 g/mol. The molecule has 0 bridgehead atoms. The van der Waals surface area contributed by atoms with E-state index in [-0.39, 0.29) is 0 Å². The van der Waals surface area contributed by atoms with Gasteiger partial charge >= 0.3 is 0 Å². The van der Waals surface area contributed by atoms with Gasteiger partial charge in [-0.05, 0) is 30.2 Å². The first-order valence-electron chi connectivity index (χ1n) is 10.1. The lowest BCUT2D eigenvalue weighted by Crippen LogP contribution is -2.32. The number of halogens is 4. The predicted molar refractivity (Wildman–Crippen MR) is 114 cm³/mol. The van der Waals surface area contributed by atoms with Crippen molar-refractivity contribution in [3.8, 4) is 0 Å². The molecule has 0 aliphatic carbocycles. The normalized spacial score (nSPS) is 11.5. The fraction of sp³-hybridized carbons (Fsp3) is 0.160. The predicted octanol–water partition coefficient (Wildman–Crippen LogP) is 4.77. The minimum absolute atomic E-state index is 0.360. The van der Waals surface area contributed by atoms with Crippen molar-refractivity contribution in [3.63, 3.8) is 0 Å². The highest BCUT2D eigenvalue weighted by Gasteiger charge is 2.22. The number of carbonyl (C=O) groups excluding carboxylic acids is 1. The molecule has 3 nitrogen and oxygen atoms in total. The van der Waals surface area contributed by atoms with E-state index in [1.807, 2.05) is 11.5 Å². The largest absolute Gasteiger partial charge is 0.303 e. The second kappa shape index (κ2) is 10.6. The Hall–Kier alpha value is -3.61. The van der Waals surface area contributed by atoms with E-state index >= 15 is 0 Å². The van der Waals surface area contributed by atoms with E-state index in [0.29, 0.717) is 24.1 Å². The first-order valence-corrected chi connectivity index (χ1v) is 10.1. The fourth-order valence-corrected chi connectivity index (χ4v) is 3.04. The summed E-state index contributed by atoms with van der Waals surface area (Å²) in [4.78, 5) is 10.4. The van der Waals surface area contributed by atoms with Gasteiger partial charge in [0.2, 0.25) is 0 Å². The maximum atomic E-state index is 14.5. The summed E-state index contributed by atoms with van der Waals surface area (Å²) in [6, 6.07) is 6.76. The Morgan fingerprint density at radius 2 is 1.09 bits per heavy atom. The molecular formula is C25H22F4N2O+2. The van der Waals surface area contributed by atoms with Gasteiger partial charge < -0.3 is 4.79 Å². The number of pyridine rings is 2. The highest BCUT2D eigenvalue weighted by Crippen LogP contribution is 2.27. The lowest BCUT2D eigenvalue weighted by Gasteiger charge is -2.07. The molecule has 0 unspecified atom stereocenters. The molecule has 2 aromatic heterocycles. The number of aldehydes is 1.